The van der Waals surface area contributed by atoms with Gasteiger partial charge in [-0.25, -0.2) is 0 Å². The third-order valence-electron chi connectivity index (χ3n) is 3.25. The van der Waals surface area contributed by atoms with E-state index in [2.05, 4.69) is 38.8 Å². The van der Waals surface area contributed by atoms with Crippen LogP contribution in [0.25, 0.3) is 0 Å². The Kier molecular flexibility index (Phi) is 2.19. The molecule has 66 valence electrons. The summed E-state index contributed by atoms with van der Waals surface area (Å²) in [5.41, 5.74) is 0. The Morgan fingerprint density at radius 2 is 1.91 bits per heavy atom. The maximum absolute atomic E-state index is 3.68. The molecule has 1 aliphatic rings. The molecule has 1 saturated heterocycles. The van der Waals surface area contributed by atoms with Crippen molar-refractivity contribution < 1.29 is 0 Å². The SMILES string of the molecule is CC1CNC(C)([Si](C)(C)C)C1. The van der Waals surface area contributed by atoms with E-state index in [1.165, 1.54) is 13.0 Å². The van der Waals surface area contributed by atoms with Crippen LogP contribution in [-0.2, 0) is 0 Å². The molecule has 0 aromatic carbocycles. The fourth-order valence-electron chi connectivity index (χ4n) is 1.81. The normalized spacial score (nSPS) is 39.5. The second-order valence-electron chi connectivity index (χ2n) is 5.27. The first kappa shape index (κ1) is 9.27. The minimum atomic E-state index is -1.00. The third kappa shape index (κ3) is 1.67. The van der Waals surface area contributed by atoms with Gasteiger partial charge in [0, 0.05) is 5.16 Å². The highest BCUT2D eigenvalue weighted by molar-refractivity contribution is 6.79. The van der Waals surface area contributed by atoms with Gasteiger partial charge in [-0.05, 0) is 25.8 Å². The predicted octanol–water partition coefficient (Wildman–Crippen LogP) is 2.25. The zero-order chi connectivity index (χ0) is 8.70. The maximum atomic E-state index is 3.68. The number of hydrogen-bond donors (Lipinski definition) is 1. The molecule has 1 nitrogen and oxygen atoms in total. The van der Waals surface area contributed by atoms with Gasteiger partial charge in [0.15, 0.2) is 0 Å². The topological polar surface area (TPSA) is 12.0 Å². The molecule has 1 fully saturated rings. The summed E-state index contributed by atoms with van der Waals surface area (Å²) in [6.45, 7) is 13.3. The molecule has 1 aliphatic heterocycles. The summed E-state index contributed by atoms with van der Waals surface area (Å²) in [5.74, 6) is 0.881. The van der Waals surface area contributed by atoms with Gasteiger partial charge in [0.05, 0.1) is 8.07 Å². The molecule has 2 heteroatoms. The molecule has 2 unspecified atom stereocenters. The number of rotatable bonds is 1. The van der Waals surface area contributed by atoms with Gasteiger partial charge in [-0.2, -0.15) is 0 Å². The summed E-state index contributed by atoms with van der Waals surface area (Å²) in [6, 6.07) is 0. The predicted molar refractivity (Wildman–Crippen MR) is 53.5 cm³/mol. The monoisotopic (exact) mass is 171 g/mol. The second-order valence-corrected chi connectivity index (χ2v) is 10.9. The van der Waals surface area contributed by atoms with Gasteiger partial charge < -0.3 is 5.32 Å². The van der Waals surface area contributed by atoms with Gasteiger partial charge in [0.1, 0.15) is 0 Å². The van der Waals surface area contributed by atoms with E-state index in [1.54, 1.807) is 0 Å². The lowest BCUT2D eigenvalue weighted by Gasteiger charge is -2.37. The highest BCUT2D eigenvalue weighted by Gasteiger charge is 2.43. The standard InChI is InChI=1S/C9H21NSi/c1-8-6-9(2,10-7-8)11(3,4)5/h8,10H,6-7H2,1-5H3. The molecule has 1 rings (SSSR count). The summed E-state index contributed by atoms with van der Waals surface area (Å²) >= 11 is 0. The molecule has 0 aromatic rings. The summed E-state index contributed by atoms with van der Waals surface area (Å²) in [5, 5.41) is 4.18. The van der Waals surface area contributed by atoms with Gasteiger partial charge in [0.2, 0.25) is 0 Å². The van der Waals surface area contributed by atoms with E-state index in [1.807, 2.05) is 0 Å². The Labute approximate surface area is 71.6 Å². The molecular weight excluding hydrogens is 150 g/mol. The Bertz CT molecular complexity index is 150. The van der Waals surface area contributed by atoms with Crippen LogP contribution in [0.2, 0.25) is 19.6 Å². The molecular formula is C9H21NSi. The van der Waals surface area contributed by atoms with Crippen LogP contribution in [0.15, 0.2) is 0 Å². The van der Waals surface area contributed by atoms with E-state index in [0.717, 1.165) is 5.92 Å². The van der Waals surface area contributed by atoms with E-state index in [0.29, 0.717) is 5.16 Å². The smallest absolute Gasteiger partial charge is 0.0671 e. The van der Waals surface area contributed by atoms with Gasteiger partial charge in [0.25, 0.3) is 0 Å². The van der Waals surface area contributed by atoms with Crippen molar-refractivity contribution in [1.82, 2.24) is 5.32 Å². The summed E-state index contributed by atoms with van der Waals surface area (Å²) in [4.78, 5) is 0. The molecule has 0 amide bonds. The first-order valence-corrected chi connectivity index (χ1v) is 8.10. The summed E-state index contributed by atoms with van der Waals surface area (Å²) in [6.07, 6.45) is 1.38. The van der Waals surface area contributed by atoms with Crippen LogP contribution in [0.3, 0.4) is 0 Å². The molecule has 0 aromatic heterocycles. The second kappa shape index (κ2) is 2.59. The van der Waals surface area contributed by atoms with E-state index in [4.69, 9.17) is 0 Å². The number of nitrogens with one attached hydrogen (secondary N) is 1. The van der Waals surface area contributed by atoms with Crippen molar-refractivity contribution in [2.75, 3.05) is 6.54 Å². The minimum Gasteiger partial charge on any atom is -0.314 e. The van der Waals surface area contributed by atoms with Crippen LogP contribution in [-0.4, -0.2) is 19.8 Å². The van der Waals surface area contributed by atoms with Crippen LogP contribution in [0.5, 0.6) is 0 Å². The van der Waals surface area contributed by atoms with Crippen LogP contribution in [0.1, 0.15) is 20.3 Å². The van der Waals surface area contributed by atoms with Gasteiger partial charge >= 0.3 is 0 Å². The Balaban J connectivity index is 2.69. The first-order chi connectivity index (χ1) is 4.85. The zero-order valence-corrected chi connectivity index (χ0v) is 9.49. The molecule has 0 bridgehead atoms. The van der Waals surface area contributed by atoms with Crippen LogP contribution < -0.4 is 5.32 Å². The van der Waals surface area contributed by atoms with Crippen LogP contribution in [0.4, 0.5) is 0 Å². The van der Waals surface area contributed by atoms with Gasteiger partial charge in [-0.3, -0.25) is 0 Å². The molecule has 0 spiro atoms. The average molecular weight is 171 g/mol. The van der Waals surface area contributed by atoms with E-state index in [9.17, 15) is 0 Å². The maximum Gasteiger partial charge on any atom is 0.0671 e. The lowest BCUT2D eigenvalue weighted by Crippen LogP contribution is -2.56. The Hall–Kier alpha value is 0.177. The highest BCUT2D eigenvalue weighted by atomic mass is 28.3. The molecule has 2 atom stereocenters. The van der Waals surface area contributed by atoms with Gasteiger partial charge in [-0.1, -0.05) is 26.6 Å². The number of hydrogen-bond acceptors (Lipinski definition) is 1. The average Bonchev–Trinajstić information content (AvgIpc) is 2.10. The van der Waals surface area contributed by atoms with Crippen molar-refractivity contribution >= 4 is 8.07 Å². The molecule has 1 heterocycles. The van der Waals surface area contributed by atoms with Crippen molar-refractivity contribution in [3.63, 3.8) is 0 Å². The summed E-state index contributed by atoms with van der Waals surface area (Å²) < 4.78 is 0. The van der Waals surface area contributed by atoms with Crippen molar-refractivity contribution in [2.24, 2.45) is 5.92 Å². The quantitative estimate of drug-likeness (QED) is 0.597. The van der Waals surface area contributed by atoms with E-state index in [-0.39, 0.29) is 0 Å². The molecule has 0 radical (unpaired) electrons. The van der Waals surface area contributed by atoms with Crippen molar-refractivity contribution in [3.05, 3.63) is 0 Å². The van der Waals surface area contributed by atoms with E-state index < -0.39 is 8.07 Å². The first-order valence-electron chi connectivity index (χ1n) is 4.60. The fraction of sp³-hybridized carbons (Fsp3) is 1.00. The zero-order valence-electron chi connectivity index (χ0n) is 8.49. The van der Waals surface area contributed by atoms with Crippen molar-refractivity contribution in [3.8, 4) is 0 Å². The molecule has 1 N–H and O–H groups in total. The minimum absolute atomic E-state index is 0.492. The third-order valence-corrected chi connectivity index (χ3v) is 6.94. The lowest BCUT2D eigenvalue weighted by atomic mass is 10.1. The van der Waals surface area contributed by atoms with Crippen LogP contribution in [0, 0.1) is 5.92 Å². The fourth-order valence-corrected chi connectivity index (χ4v) is 3.41. The molecule has 0 saturated carbocycles. The lowest BCUT2D eigenvalue weighted by molar-refractivity contribution is 0.541. The largest absolute Gasteiger partial charge is 0.314 e. The van der Waals surface area contributed by atoms with Crippen molar-refractivity contribution in [2.45, 2.75) is 45.1 Å². The van der Waals surface area contributed by atoms with Crippen LogP contribution >= 0.6 is 0 Å². The van der Waals surface area contributed by atoms with E-state index >= 15 is 0 Å². The summed E-state index contributed by atoms with van der Waals surface area (Å²) in [7, 11) is -1.00. The van der Waals surface area contributed by atoms with Crippen molar-refractivity contribution in [1.29, 1.82) is 0 Å². The Morgan fingerprint density at radius 1 is 1.36 bits per heavy atom. The highest BCUT2D eigenvalue weighted by Crippen LogP contribution is 2.31. The molecule has 11 heavy (non-hydrogen) atoms. The molecule has 0 aliphatic carbocycles. The Morgan fingerprint density at radius 3 is 2.09 bits per heavy atom. The van der Waals surface area contributed by atoms with Gasteiger partial charge in [-0.15, -0.1) is 0 Å².